The van der Waals surface area contributed by atoms with Crippen molar-refractivity contribution in [2.75, 3.05) is 36.0 Å². The Kier molecular flexibility index (Phi) is 4.14. The number of aldehydes is 1. The summed E-state index contributed by atoms with van der Waals surface area (Å²) in [6.07, 6.45) is 2.82. The minimum absolute atomic E-state index is 0.747. The van der Waals surface area contributed by atoms with Crippen molar-refractivity contribution in [3.05, 3.63) is 59.2 Å². The Labute approximate surface area is 152 Å². The Hall–Kier alpha value is -2.46. The molecule has 2 heterocycles. The fraction of sp³-hybridized carbons (Fsp3) is 0.250. The van der Waals surface area contributed by atoms with Gasteiger partial charge in [0.15, 0.2) is 6.29 Å². The first-order chi connectivity index (χ1) is 12.2. The molecule has 4 rings (SSSR count). The first-order valence-corrected chi connectivity index (χ1v) is 8.83. The van der Waals surface area contributed by atoms with Gasteiger partial charge in [-0.15, -0.1) is 0 Å². The van der Waals surface area contributed by atoms with E-state index in [1.807, 2.05) is 36.0 Å². The van der Waals surface area contributed by atoms with Crippen molar-refractivity contribution in [1.29, 1.82) is 0 Å². The van der Waals surface area contributed by atoms with Crippen LogP contribution in [0.2, 0.25) is 5.02 Å². The Morgan fingerprint density at radius 3 is 2.28 bits per heavy atom. The molecule has 0 spiro atoms. The van der Waals surface area contributed by atoms with Gasteiger partial charge in [-0.25, -0.2) is 0 Å². The summed E-state index contributed by atoms with van der Waals surface area (Å²) in [5, 5.41) is 1.79. The number of carbonyl (C=O) groups excluding carboxylic acids is 1. The van der Waals surface area contributed by atoms with Crippen molar-refractivity contribution in [2.45, 2.75) is 0 Å². The van der Waals surface area contributed by atoms with Gasteiger partial charge in [-0.3, -0.25) is 4.79 Å². The molecule has 0 N–H and O–H groups in total. The number of fused-ring (bicyclic) bond motifs is 1. The lowest BCUT2D eigenvalue weighted by atomic mass is 10.1. The van der Waals surface area contributed by atoms with E-state index in [1.54, 1.807) is 0 Å². The molecule has 25 heavy (non-hydrogen) atoms. The molecule has 0 radical (unpaired) electrons. The molecule has 3 aromatic rings. The van der Waals surface area contributed by atoms with Crippen molar-refractivity contribution in [2.24, 2.45) is 7.05 Å². The van der Waals surface area contributed by atoms with E-state index in [-0.39, 0.29) is 0 Å². The summed E-state index contributed by atoms with van der Waals surface area (Å²) in [7, 11) is 1.97. The van der Waals surface area contributed by atoms with Crippen LogP contribution in [-0.4, -0.2) is 37.0 Å². The maximum Gasteiger partial charge on any atom is 0.152 e. The van der Waals surface area contributed by atoms with E-state index in [0.29, 0.717) is 0 Å². The molecule has 0 amide bonds. The highest BCUT2D eigenvalue weighted by atomic mass is 35.5. The van der Waals surface area contributed by atoms with E-state index in [0.717, 1.165) is 54.0 Å². The predicted octanol–water partition coefficient (Wildman–Crippen LogP) is 3.97. The maximum absolute atomic E-state index is 11.3. The van der Waals surface area contributed by atoms with Gasteiger partial charge >= 0.3 is 0 Å². The van der Waals surface area contributed by atoms with Crippen LogP contribution in [0.4, 0.5) is 11.4 Å². The van der Waals surface area contributed by atoms with Crippen LogP contribution in [0, 0.1) is 0 Å². The molecule has 1 aliphatic heterocycles. The van der Waals surface area contributed by atoms with Gasteiger partial charge < -0.3 is 14.4 Å². The highest BCUT2D eigenvalue weighted by Crippen LogP contribution is 2.27. The average molecular weight is 354 g/mol. The standard InChI is InChI=1S/C20H20ClN3O/c1-22-13-15(14-25)19-12-18(5-6-20(19)22)24-9-7-23(8-10-24)17-4-2-3-16(21)11-17/h2-6,11-14H,7-10H2,1H3. The summed E-state index contributed by atoms with van der Waals surface area (Å²) in [5.74, 6) is 0. The third kappa shape index (κ3) is 2.98. The number of aromatic nitrogens is 1. The van der Waals surface area contributed by atoms with Crippen LogP contribution in [-0.2, 0) is 7.05 Å². The number of hydrogen-bond acceptors (Lipinski definition) is 3. The molecular weight excluding hydrogens is 334 g/mol. The average Bonchev–Trinajstić information content (AvgIpc) is 2.97. The van der Waals surface area contributed by atoms with Crippen LogP contribution in [0.5, 0.6) is 0 Å². The third-order valence-electron chi connectivity index (χ3n) is 4.95. The number of aryl methyl sites for hydroxylation is 1. The highest BCUT2D eigenvalue weighted by Gasteiger charge is 2.18. The second kappa shape index (κ2) is 6.45. The SMILES string of the molecule is Cn1cc(C=O)c2cc(N3CCN(c4cccc(Cl)c4)CC3)ccc21. The van der Waals surface area contributed by atoms with Crippen molar-refractivity contribution in [3.8, 4) is 0 Å². The number of anilines is 2. The van der Waals surface area contributed by atoms with Crippen LogP contribution < -0.4 is 9.80 Å². The summed E-state index contributed by atoms with van der Waals surface area (Å²) in [6.45, 7) is 3.80. The molecule has 1 fully saturated rings. The van der Waals surface area contributed by atoms with Gasteiger partial charge in [0.05, 0.1) is 0 Å². The van der Waals surface area contributed by atoms with E-state index < -0.39 is 0 Å². The molecule has 0 unspecified atom stereocenters. The number of hydrogen-bond donors (Lipinski definition) is 0. The van der Waals surface area contributed by atoms with Crippen LogP contribution in [0.1, 0.15) is 10.4 Å². The normalized spacial score (nSPS) is 15.0. The van der Waals surface area contributed by atoms with Crippen molar-refractivity contribution in [1.82, 2.24) is 4.57 Å². The number of nitrogens with zero attached hydrogens (tertiary/aromatic N) is 3. The summed E-state index contributed by atoms with van der Waals surface area (Å²) < 4.78 is 2.00. The van der Waals surface area contributed by atoms with Gasteiger partial charge in [0, 0.05) is 72.3 Å². The number of rotatable bonds is 3. The van der Waals surface area contributed by atoms with Gasteiger partial charge in [-0.05, 0) is 36.4 Å². The molecular formula is C20H20ClN3O. The lowest BCUT2D eigenvalue weighted by molar-refractivity contribution is 0.112. The molecule has 2 aromatic carbocycles. The topological polar surface area (TPSA) is 28.5 Å². The zero-order valence-corrected chi connectivity index (χ0v) is 14.9. The first-order valence-electron chi connectivity index (χ1n) is 8.45. The van der Waals surface area contributed by atoms with E-state index in [4.69, 9.17) is 11.6 Å². The molecule has 1 aromatic heterocycles. The minimum Gasteiger partial charge on any atom is -0.368 e. The lowest BCUT2D eigenvalue weighted by Gasteiger charge is -2.37. The molecule has 128 valence electrons. The van der Waals surface area contributed by atoms with Crippen LogP contribution in [0.25, 0.3) is 10.9 Å². The number of halogens is 1. The van der Waals surface area contributed by atoms with Gasteiger partial charge in [-0.2, -0.15) is 0 Å². The van der Waals surface area contributed by atoms with Crippen molar-refractivity contribution < 1.29 is 4.79 Å². The van der Waals surface area contributed by atoms with Crippen LogP contribution in [0.15, 0.2) is 48.7 Å². The summed E-state index contributed by atoms with van der Waals surface area (Å²) in [5.41, 5.74) is 4.18. The highest BCUT2D eigenvalue weighted by molar-refractivity contribution is 6.30. The molecule has 5 heteroatoms. The molecule has 0 bridgehead atoms. The fourth-order valence-corrected chi connectivity index (χ4v) is 3.78. The number of carbonyl (C=O) groups is 1. The summed E-state index contributed by atoms with van der Waals surface area (Å²) in [6, 6.07) is 14.4. The van der Waals surface area contributed by atoms with Gasteiger partial charge in [0.1, 0.15) is 0 Å². The molecule has 1 aliphatic rings. The van der Waals surface area contributed by atoms with E-state index in [1.165, 1.54) is 11.4 Å². The zero-order valence-electron chi connectivity index (χ0n) is 14.2. The maximum atomic E-state index is 11.3. The summed E-state index contributed by atoms with van der Waals surface area (Å²) in [4.78, 5) is 16.0. The predicted molar refractivity (Wildman–Crippen MR) is 104 cm³/mol. The van der Waals surface area contributed by atoms with E-state index >= 15 is 0 Å². The Morgan fingerprint density at radius 1 is 0.960 bits per heavy atom. The number of benzene rings is 2. The van der Waals surface area contributed by atoms with Crippen LogP contribution in [0.3, 0.4) is 0 Å². The minimum atomic E-state index is 0.747. The Morgan fingerprint density at radius 2 is 1.64 bits per heavy atom. The fourth-order valence-electron chi connectivity index (χ4n) is 3.60. The Balaban J connectivity index is 1.54. The van der Waals surface area contributed by atoms with Crippen molar-refractivity contribution in [3.63, 3.8) is 0 Å². The molecule has 4 nitrogen and oxygen atoms in total. The Bertz CT molecular complexity index is 926. The second-order valence-corrected chi connectivity index (χ2v) is 6.91. The van der Waals surface area contributed by atoms with E-state index in [2.05, 4.69) is 34.1 Å². The zero-order chi connectivity index (χ0) is 17.4. The largest absolute Gasteiger partial charge is 0.368 e. The van der Waals surface area contributed by atoms with Gasteiger partial charge in [0.25, 0.3) is 0 Å². The molecule has 0 aliphatic carbocycles. The number of piperazine rings is 1. The van der Waals surface area contributed by atoms with Crippen LogP contribution >= 0.6 is 11.6 Å². The molecule has 1 saturated heterocycles. The summed E-state index contributed by atoms with van der Waals surface area (Å²) >= 11 is 6.11. The quantitative estimate of drug-likeness (QED) is 0.667. The van der Waals surface area contributed by atoms with Gasteiger partial charge in [0.2, 0.25) is 0 Å². The lowest BCUT2D eigenvalue weighted by Crippen LogP contribution is -2.46. The monoisotopic (exact) mass is 353 g/mol. The first kappa shape index (κ1) is 16.0. The molecule has 0 atom stereocenters. The van der Waals surface area contributed by atoms with Gasteiger partial charge in [-0.1, -0.05) is 17.7 Å². The van der Waals surface area contributed by atoms with Crippen molar-refractivity contribution >= 4 is 40.2 Å². The second-order valence-electron chi connectivity index (χ2n) is 6.47. The third-order valence-corrected chi connectivity index (χ3v) is 5.18. The van der Waals surface area contributed by atoms with E-state index in [9.17, 15) is 4.79 Å². The smallest absolute Gasteiger partial charge is 0.152 e. The molecule has 0 saturated carbocycles.